The molecular formula is C3H3F3OZn. The molecule has 0 aromatic carbocycles. The molecule has 0 atom stereocenters. The van der Waals surface area contributed by atoms with Crippen molar-refractivity contribution in [2.24, 2.45) is 0 Å². The SMILES string of the molecule is C=CC(F)(F)F.[O]=[Zn]. The summed E-state index contributed by atoms with van der Waals surface area (Å²) in [5, 5.41) is 0. The van der Waals surface area contributed by atoms with Crippen LogP contribution in [0, 0.1) is 0 Å². The van der Waals surface area contributed by atoms with Crippen LogP contribution in [0.5, 0.6) is 0 Å². The third-order valence-electron chi connectivity index (χ3n) is 0.231. The van der Waals surface area contributed by atoms with E-state index in [1.54, 1.807) is 0 Å². The topological polar surface area (TPSA) is 17.1 Å². The molecule has 0 aliphatic carbocycles. The van der Waals surface area contributed by atoms with Crippen LogP contribution in [0.4, 0.5) is 13.2 Å². The Balaban J connectivity index is 0. The molecule has 0 N–H and O–H groups in total. The zero-order valence-electron chi connectivity index (χ0n) is 4.03. The molecule has 0 saturated heterocycles. The van der Waals surface area contributed by atoms with Crippen molar-refractivity contribution in [3.8, 4) is 0 Å². The van der Waals surface area contributed by atoms with E-state index in [2.05, 4.69) is 6.58 Å². The molecule has 44 valence electrons. The van der Waals surface area contributed by atoms with Gasteiger partial charge in [0, 0.05) is 6.08 Å². The molecule has 8 heavy (non-hydrogen) atoms. The average molecular weight is 177 g/mol. The van der Waals surface area contributed by atoms with E-state index in [0.717, 1.165) is 0 Å². The first-order valence-corrected chi connectivity index (χ1v) is 2.76. The standard InChI is InChI=1S/C3H3F3.O.Zn/c1-2-3(4,5)6;;/h2H,1H2;;. The first-order chi connectivity index (χ1) is 3.56. The summed E-state index contributed by atoms with van der Waals surface area (Å²) in [6.45, 7) is 2.51. The van der Waals surface area contributed by atoms with E-state index in [-0.39, 0.29) is 24.3 Å². The number of hydrogen-bond acceptors (Lipinski definition) is 1. The van der Waals surface area contributed by atoms with Crippen molar-refractivity contribution in [2.75, 3.05) is 0 Å². The zero-order valence-corrected chi connectivity index (χ0v) is 7.00. The predicted molar refractivity (Wildman–Crippen MR) is 16.9 cm³/mol. The van der Waals surface area contributed by atoms with Gasteiger partial charge in [0.05, 0.1) is 0 Å². The van der Waals surface area contributed by atoms with Gasteiger partial charge in [-0.1, -0.05) is 6.58 Å². The molecule has 0 aliphatic heterocycles. The van der Waals surface area contributed by atoms with E-state index in [1.807, 2.05) is 0 Å². The fourth-order valence-corrected chi connectivity index (χ4v) is 0. The van der Waals surface area contributed by atoms with Crippen LogP contribution in [-0.4, -0.2) is 6.18 Å². The van der Waals surface area contributed by atoms with Crippen molar-refractivity contribution in [3.63, 3.8) is 0 Å². The number of rotatable bonds is 0. The van der Waals surface area contributed by atoms with Gasteiger partial charge in [-0.3, -0.25) is 0 Å². The molecule has 0 unspecified atom stereocenters. The third kappa shape index (κ3) is 16.7. The molecule has 0 aromatic rings. The summed E-state index contributed by atoms with van der Waals surface area (Å²) >= 11 is 0.125. The summed E-state index contributed by atoms with van der Waals surface area (Å²) in [6, 6.07) is 0. The molecule has 0 rings (SSSR count). The van der Waals surface area contributed by atoms with Gasteiger partial charge in [-0.25, -0.2) is 0 Å². The zero-order chi connectivity index (χ0) is 7.21. The van der Waals surface area contributed by atoms with E-state index in [4.69, 9.17) is 3.57 Å². The van der Waals surface area contributed by atoms with E-state index in [0.29, 0.717) is 0 Å². The number of allylic oxidation sites excluding steroid dienone is 1. The number of halogens is 3. The van der Waals surface area contributed by atoms with Gasteiger partial charge in [0.2, 0.25) is 0 Å². The molecule has 0 saturated carbocycles. The number of alkyl halides is 3. The van der Waals surface area contributed by atoms with E-state index in [9.17, 15) is 13.2 Å². The van der Waals surface area contributed by atoms with Crippen LogP contribution in [0.15, 0.2) is 12.7 Å². The Morgan fingerprint density at radius 3 is 1.50 bits per heavy atom. The van der Waals surface area contributed by atoms with Gasteiger partial charge in [-0.2, -0.15) is 13.2 Å². The van der Waals surface area contributed by atoms with Gasteiger partial charge < -0.3 is 0 Å². The summed E-state index contributed by atoms with van der Waals surface area (Å²) in [6.07, 6.45) is -4.26. The number of hydrogen-bond donors (Lipinski definition) is 0. The molecule has 0 heterocycles. The molecule has 0 spiro atoms. The summed E-state index contributed by atoms with van der Waals surface area (Å²) in [7, 11) is 0. The summed E-state index contributed by atoms with van der Waals surface area (Å²) < 4.78 is 40.4. The Hall–Kier alpha value is -0.0466. The molecule has 0 aromatic heterocycles. The Labute approximate surface area is 54.5 Å². The van der Waals surface area contributed by atoms with Gasteiger partial charge in [-0.15, -0.1) is 0 Å². The monoisotopic (exact) mass is 176 g/mol. The summed E-state index contributed by atoms with van der Waals surface area (Å²) in [4.78, 5) is 0. The van der Waals surface area contributed by atoms with Gasteiger partial charge >= 0.3 is 28.0 Å². The van der Waals surface area contributed by atoms with E-state index in [1.165, 1.54) is 0 Å². The van der Waals surface area contributed by atoms with Gasteiger partial charge in [0.15, 0.2) is 0 Å². The molecule has 0 radical (unpaired) electrons. The molecule has 5 heteroatoms. The maximum atomic E-state index is 10.7. The molecule has 0 amide bonds. The van der Waals surface area contributed by atoms with Crippen LogP contribution >= 0.6 is 0 Å². The van der Waals surface area contributed by atoms with E-state index < -0.39 is 6.18 Å². The van der Waals surface area contributed by atoms with Crippen molar-refractivity contribution in [1.29, 1.82) is 0 Å². The van der Waals surface area contributed by atoms with Crippen LogP contribution in [0.25, 0.3) is 0 Å². The first kappa shape index (κ1) is 10.8. The minimum absolute atomic E-state index is 0.0625. The van der Waals surface area contributed by atoms with Gasteiger partial charge in [-0.05, 0) is 0 Å². The third-order valence-corrected chi connectivity index (χ3v) is 0.231. The van der Waals surface area contributed by atoms with E-state index >= 15 is 0 Å². The maximum absolute atomic E-state index is 10.7. The Kier molecular flexibility index (Phi) is 6.91. The molecular weight excluding hydrogens is 174 g/mol. The second-order valence-corrected chi connectivity index (χ2v) is 0.746. The second-order valence-electron chi connectivity index (χ2n) is 0.746. The van der Waals surface area contributed by atoms with Crippen molar-refractivity contribution in [2.45, 2.75) is 6.18 Å². The van der Waals surface area contributed by atoms with Crippen molar-refractivity contribution < 1.29 is 35.0 Å². The molecule has 1 nitrogen and oxygen atoms in total. The Bertz CT molecular complexity index is 69.4. The van der Waals surface area contributed by atoms with Gasteiger partial charge in [0.1, 0.15) is 0 Å². The summed E-state index contributed by atoms with van der Waals surface area (Å²) in [5.74, 6) is 0. The Morgan fingerprint density at radius 1 is 1.38 bits per heavy atom. The fraction of sp³-hybridized carbons (Fsp3) is 0.333. The summed E-state index contributed by atoms with van der Waals surface area (Å²) in [5.41, 5.74) is 0. The van der Waals surface area contributed by atoms with Gasteiger partial charge in [0.25, 0.3) is 0 Å². The quantitative estimate of drug-likeness (QED) is 0.406. The normalized spacial score (nSPS) is 9.12. The molecule has 0 aliphatic rings. The second kappa shape index (κ2) is 5.10. The van der Waals surface area contributed by atoms with Crippen LogP contribution < -0.4 is 0 Å². The Morgan fingerprint density at radius 2 is 1.50 bits per heavy atom. The molecule has 0 bridgehead atoms. The fourth-order valence-electron chi connectivity index (χ4n) is 0. The van der Waals surface area contributed by atoms with Crippen molar-refractivity contribution in [3.05, 3.63) is 12.7 Å². The predicted octanol–water partition coefficient (Wildman–Crippen LogP) is 1.61. The van der Waals surface area contributed by atoms with Crippen LogP contribution in [0.1, 0.15) is 0 Å². The molecule has 0 fully saturated rings. The average Bonchev–Trinajstić information content (AvgIpc) is 1.71. The van der Waals surface area contributed by atoms with Crippen LogP contribution in [-0.2, 0) is 21.8 Å². The van der Waals surface area contributed by atoms with Crippen LogP contribution in [0.3, 0.4) is 0 Å². The van der Waals surface area contributed by atoms with Crippen LogP contribution in [0.2, 0.25) is 0 Å². The van der Waals surface area contributed by atoms with Crippen molar-refractivity contribution in [1.82, 2.24) is 0 Å². The van der Waals surface area contributed by atoms with Crippen molar-refractivity contribution >= 4 is 0 Å². The first-order valence-electron chi connectivity index (χ1n) is 1.55. The minimum atomic E-state index is -4.19.